The van der Waals surface area contributed by atoms with Crippen LogP contribution in [0.15, 0.2) is 0 Å². The maximum atomic E-state index is 9.94. The van der Waals surface area contributed by atoms with Crippen molar-refractivity contribution in [3.8, 4) is 0 Å². The van der Waals surface area contributed by atoms with Crippen molar-refractivity contribution in [1.82, 2.24) is 0 Å². The van der Waals surface area contributed by atoms with Crippen LogP contribution in [-0.2, 0) is 14.2 Å². The van der Waals surface area contributed by atoms with Gasteiger partial charge in [-0.25, -0.2) is 0 Å². The summed E-state index contributed by atoms with van der Waals surface area (Å²) in [6, 6.07) is 0. The normalized spacial score (nSPS) is 51.7. The van der Waals surface area contributed by atoms with Crippen molar-refractivity contribution < 1.29 is 55.1 Å². The van der Waals surface area contributed by atoms with Crippen molar-refractivity contribution in [2.45, 2.75) is 61.4 Å². The molecule has 0 aromatic rings. The summed E-state index contributed by atoms with van der Waals surface area (Å²) in [5.41, 5.74) is 0. The van der Waals surface area contributed by atoms with Crippen LogP contribution in [0.4, 0.5) is 0 Å². The fourth-order valence-corrected chi connectivity index (χ4v) is 2.55. The number of ether oxygens (including phenoxy) is 3. The first-order valence-corrected chi connectivity index (χ1v) is 7.08. The molecule has 8 N–H and O–H groups in total. The van der Waals surface area contributed by atoms with E-state index < -0.39 is 74.6 Å². The first-order valence-electron chi connectivity index (χ1n) is 7.08. The van der Waals surface area contributed by atoms with Crippen molar-refractivity contribution in [1.29, 1.82) is 0 Å². The predicted octanol–water partition coefficient (Wildman–Crippen LogP) is -5.40. The Kier molecular flexibility index (Phi) is 6.27. The van der Waals surface area contributed by atoms with Gasteiger partial charge in [-0.05, 0) is 0 Å². The molecule has 0 saturated carbocycles. The Morgan fingerprint density at radius 2 is 1.17 bits per heavy atom. The molecule has 10 atom stereocenters. The fourth-order valence-electron chi connectivity index (χ4n) is 2.55. The molecule has 2 aliphatic heterocycles. The Balaban J connectivity index is 2.08. The van der Waals surface area contributed by atoms with Gasteiger partial charge >= 0.3 is 0 Å². The molecule has 11 nitrogen and oxygen atoms in total. The molecular weight excluding hydrogens is 320 g/mol. The lowest BCUT2D eigenvalue weighted by molar-refractivity contribution is -0.361. The lowest BCUT2D eigenvalue weighted by Crippen LogP contribution is -2.64. The standard InChI is InChI=1S/C12H22O11/c13-1-3-6(16)8(18)10(11(20)21-3)23-12-9(19)7(17)5(15)4(2-14)22-12/h3-20H,1-2H2/t3-,4-,5+,6+,7+,8+,9-,10-,11-,12+/m1/s1. The molecule has 0 aromatic heterocycles. The maximum Gasteiger partial charge on any atom is 0.187 e. The van der Waals surface area contributed by atoms with E-state index in [1.54, 1.807) is 0 Å². The second kappa shape index (κ2) is 7.63. The van der Waals surface area contributed by atoms with Crippen LogP contribution < -0.4 is 0 Å². The molecule has 23 heavy (non-hydrogen) atoms. The van der Waals surface area contributed by atoms with E-state index in [0.29, 0.717) is 0 Å². The van der Waals surface area contributed by atoms with Crippen LogP contribution in [0.1, 0.15) is 0 Å². The molecule has 2 saturated heterocycles. The molecule has 0 aliphatic carbocycles. The van der Waals surface area contributed by atoms with Crippen LogP contribution in [0, 0.1) is 0 Å². The quantitative estimate of drug-likeness (QED) is 0.243. The Bertz CT molecular complexity index is 380. The van der Waals surface area contributed by atoms with Crippen molar-refractivity contribution >= 4 is 0 Å². The zero-order valence-electron chi connectivity index (χ0n) is 12.0. The van der Waals surface area contributed by atoms with Gasteiger partial charge in [0.1, 0.15) is 48.8 Å². The van der Waals surface area contributed by atoms with E-state index in [4.69, 9.17) is 24.4 Å². The molecule has 11 heteroatoms. The van der Waals surface area contributed by atoms with Gasteiger partial charge in [-0.1, -0.05) is 0 Å². The Morgan fingerprint density at radius 1 is 0.652 bits per heavy atom. The van der Waals surface area contributed by atoms with E-state index >= 15 is 0 Å². The minimum absolute atomic E-state index is 0.651. The third kappa shape index (κ3) is 3.65. The van der Waals surface area contributed by atoms with Gasteiger partial charge in [0, 0.05) is 0 Å². The van der Waals surface area contributed by atoms with E-state index in [2.05, 4.69) is 0 Å². The smallest absolute Gasteiger partial charge is 0.187 e. The number of hydrogen-bond donors (Lipinski definition) is 8. The molecule has 0 unspecified atom stereocenters. The minimum Gasteiger partial charge on any atom is -0.394 e. The van der Waals surface area contributed by atoms with Crippen molar-refractivity contribution in [2.75, 3.05) is 13.2 Å². The number of hydrogen-bond acceptors (Lipinski definition) is 11. The predicted molar refractivity (Wildman–Crippen MR) is 68.6 cm³/mol. The minimum atomic E-state index is -1.75. The summed E-state index contributed by atoms with van der Waals surface area (Å²) in [4.78, 5) is 0. The van der Waals surface area contributed by atoms with Gasteiger partial charge < -0.3 is 55.1 Å². The SMILES string of the molecule is OC[C@H]1O[C@@H](O[C@@H]2[C@@H](O)[C@@H](O)[C@@H](CO)O[C@H]2O)[C@H](O)[C@@H](O)[C@H]1O. The zero-order chi connectivity index (χ0) is 17.3. The first kappa shape index (κ1) is 18.9. The molecule has 2 heterocycles. The lowest BCUT2D eigenvalue weighted by atomic mass is 9.97. The largest absolute Gasteiger partial charge is 0.394 e. The van der Waals surface area contributed by atoms with Gasteiger partial charge in [-0.3, -0.25) is 0 Å². The third-order valence-corrected chi connectivity index (χ3v) is 3.98. The van der Waals surface area contributed by atoms with Crippen molar-refractivity contribution in [2.24, 2.45) is 0 Å². The Hall–Kier alpha value is -0.440. The molecular formula is C12H22O11. The van der Waals surface area contributed by atoms with Gasteiger partial charge in [0.2, 0.25) is 0 Å². The molecule has 0 spiro atoms. The summed E-state index contributed by atoms with van der Waals surface area (Å²) in [6.07, 6.45) is -15.6. The van der Waals surface area contributed by atoms with Gasteiger partial charge in [-0.15, -0.1) is 0 Å². The molecule has 0 radical (unpaired) electrons. The van der Waals surface area contributed by atoms with Gasteiger partial charge in [0.15, 0.2) is 12.6 Å². The van der Waals surface area contributed by atoms with Gasteiger partial charge in [0.05, 0.1) is 13.2 Å². The molecule has 0 bridgehead atoms. The first-order chi connectivity index (χ1) is 10.8. The summed E-state index contributed by atoms with van der Waals surface area (Å²) in [5.74, 6) is 0. The van der Waals surface area contributed by atoms with Gasteiger partial charge in [0.25, 0.3) is 0 Å². The lowest BCUT2D eigenvalue weighted by Gasteiger charge is -2.44. The average molecular weight is 342 g/mol. The van der Waals surface area contributed by atoms with Crippen LogP contribution in [0.25, 0.3) is 0 Å². The molecule has 0 aromatic carbocycles. The molecule has 136 valence electrons. The molecule has 2 rings (SSSR count). The van der Waals surface area contributed by atoms with Crippen LogP contribution in [0.5, 0.6) is 0 Å². The number of aliphatic hydroxyl groups excluding tert-OH is 8. The molecule has 2 fully saturated rings. The highest BCUT2D eigenvalue weighted by Gasteiger charge is 2.50. The summed E-state index contributed by atoms with van der Waals surface area (Å²) >= 11 is 0. The summed E-state index contributed by atoms with van der Waals surface area (Å²) in [7, 11) is 0. The molecule has 2 aliphatic rings. The zero-order valence-corrected chi connectivity index (χ0v) is 12.0. The maximum absolute atomic E-state index is 9.94. The highest BCUT2D eigenvalue weighted by atomic mass is 16.7. The second-order valence-corrected chi connectivity index (χ2v) is 5.53. The van der Waals surface area contributed by atoms with E-state index in [1.807, 2.05) is 0 Å². The average Bonchev–Trinajstić information content (AvgIpc) is 2.54. The van der Waals surface area contributed by atoms with Crippen LogP contribution in [0.3, 0.4) is 0 Å². The van der Waals surface area contributed by atoms with Crippen LogP contribution >= 0.6 is 0 Å². The summed E-state index contributed by atoms with van der Waals surface area (Å²) in [6.45, 7) is -1.33. The van der Waals surface area contributed by atoms with Crippen molar-refractivity contribution in [3.63, 3.8) is 0 Å². The third-order valence-electron chi connectivity index (χ3n) is 3.98. The van der Waals surface area contributed by atoms with Crippen LogP contribution in [0.2, 0.25) is 0 Å². The number of aliphatic hydroxyl groups is 8. The van der Waals surface area contributed by atoms with E-state index in [1.165, 1.54) is 0 Å². The van der Waals surface area contributed by atoms with E-state index in [0.717, 1.165) is 0 Å². The van der Waals surface area contributed by atoms with E-state index in [9.17, 15) is 30.6 Å². The molecule has 0 amide bonds. The number of rotatable bonds is 4. The topological polar surface area (TPSA) is 190 Å². The Labute approximate surface area is 130 Å². The van der Waals surface area contributed by atoms with E-state index in [-0.39, 0.29) is 0 Å². The highest BCUT2D eigenvalue weighted by molar-refractivity contribution is 4.93. The highest BCUT2D eigenvalue weighted by Crippen LogP contribution is 2.28. The summed E-state index contributed by atoms with van der Waals surface area (Å²) < 4.78 is 15.1. The Morgan fingerprint density at radius 3 is 1.74 bits per heavy atom. The van der Waals surface area contributed by atoms with Crippen LogP contribution in [-0.4, -0.2) is 115 Å². The monoisotopic (exact) mass is 342 g/mol. The fraction of sp³-hybridized carbons (Fsp3) is 1.00. The van der Waals surface area contributed by atoms with Gasteiger partial charge in [-0.2, -0.15) is 0 Å². The second-order valence-electron chi connectivity index (χ2n) is 5.53. The van der Waals surface area contributed by atoms with Crippen molar-refractivity contribution in [3.05, 3.63) is 0 Å². The summed E-state index contributed by atoms with van der Waals surface area (Å²) in [5, 5.41) is 76.7.